The molecule has 1 saturated carbocycles. The molecule has 2 aliphatic rings. The Bertz CT molecular complexity index is 1160. The standard InChI is InChI=1S/C26H31ClF2N4O4S/c1-2-32(14-16-4-3-5-16)20(13-30-26(36)21-8-9-22(27)38-21)25(35)31-19-7-6-17(12-18(19)24(28)29)33-10-11-37-15-23(33)34/h6-9,12,16,20,24H,2-5,10-11,13-15H2,1H3,(H,30,36)(H,31,35)/t20-/m0/s1. The first kappa shape index (κ1) is 28.4. The van der Waals surface area contributed by atoms with Crippen LogP contribution >= 0.6 is 22.9 Å². The van der Waals surface area contributed by atoms with Crippen molar-refractivity contribution in [3.8, 4) is 0 Å². The summed E-state index contributed by atoms with van der Waals surface area (Å²) in [6.07, 6.45) is 0.412. The van der Waals surface area contributed by atoms with E-state index < -0.39 is 18.4 Å². The first-order valence-corrected chi connectivity index (χ1v) is 13.8. The highest BCUT2D eigenvalue weighted by Crippen LogP contribution is 2.32. The second kappa shape index (κ2) is 13.0. The summed E-state index contributed by atoms with van der Waals surface area (Å²) in [7, 11) is 0. The van der Waals surface area contributed by atoms with Crippen LogP contribution < -0.4 is 15.5 Å². The third-order valence-electron chi connectivity index (χ3n) is 6.95. The van der Waals surface area contributed by atoms with Crippen LogP contribution in [0.1, 0.15) is 47.8 Å². The van der Waals surface area contributed by atoms with Gasteiger partial charge in [-0.15, -0.1) is 11.3 Å². The highest BCUT2D eigenvalue weighted by molar-refractivity contribution is 7.18. The van der Waals surface area contributed by atoms with Gasteiger partial charge in [0.1, 0.15) is 12.6 Å². The molecule has 206 valence electrons. The Morgan fingerprint density at radius 3 is 2.66 bits per heavy atom. The normalized spacial score (nSPS) is 17.0. The number of carbonyl (C=O) groups is 3. The number of halogens is 3. The van der Waals surface area contributed by atoms with E-state index >= 15 is 0 Å². The summed E-state index contributed by atoms with van der Waals surface area (Å²) in [4.78, 5) is 42.1. The first-order valence-electron chi connectivity index (χ1n) is 12.7. The van der Waals surface area contributed by atoms with E-state index in [1.165, 1.54) is 23.1 Å². The fourth-order valence-corrected chi connectivity index (χ4v) is 5.56. The van der Waals surface area contributed by atoms with Crippen molar-refractivity contribution in [2.45, 2.75) is 38.7 Å². The quantitative estimate of drug-likeness (QED) is 0.415. The molecule has 3 amide bonds. The molecule has 2 heterocycles. The molecule has 0 unspecified atom stereocenters. The van der Waals surface area contributed by atoms with Gasteiger partial charge in [0.05, 0.1) is 15.8 Å². The molecule has 2 N–H and O–H groups in total. The zero-order chi connectivity index (χ0) is 27.2. The molecule has 0 bridgehead atoms. The fraction of sp³-hybridized carbons (Fsp3) is 0.500. The molecule has 38 heavy (non-hydrogen) atoms. The zero-order valence-electron chi connectivity index (χ0n) is 21.1. The average Bonchev–Trinajstić information content (AvgIpc) is 3.31. The van der Waals surface area contributed by atoms with Crippen molar-refractivity contribution in [1.82, 2.24) is 10.2 Å². The molecule has 4 rings (SSSR count). The van der Waals surface area contributed by atoms with Gasteiger partial charge >= 0.3 is 0 Å². The molecule has 0 spiro atoms. The number of likely N-dealkylation sites (N-methyl/N-ethyl adjacent to an activating group) is 1. The van der Waals surface area contributed by atoms with Gasteiger partial charge in [0.25, 0.3) is 18.2 Å². The molecule has 1 saturated heterocycles. The Hall–Kier alpha value is -2.60. The lowest BCUT2D eigenvalue weighted by Gasteiger charge is -2.36. The van der Waals surface area contributed by atoms with Gasteiger partial charge in [-0.25, -0.2) is 8.78 Å². The molecule has 1 aliphatic carbocycles. The predicted molar refractivity (Wildman–Crippen MR) is 143 cm³/mol. The van der Waals surface area contributed by atoms with Crippen LogP contribution in [0.2, 0.25) is 4.34 Å². The van der Waals surface area contributed by atoms with E-state index in [9.17, 15) is 23.2 Å². The number of hydrogen-bond donors (Lipinski definition) is 2. The van der Waals surface area contributed by atoms with Crippen LogP contribution in [0.4, 0.5) is 20.2 Å². The van der Waals surface area contributed by atoms with Gasteiger partial charge in [-0.3, -0.25) is 19.3 Å². The minimum Gasteiger partial charge on any atom is -0.370 e. The molecule has 2 fully saturated rings. The molecule has 1 aliphatic heterocycles. The molecule has 0 radical (unpaired) electrons. The average molecular weight is 569 g/mol. The second-order valence-electron chi connectivity index (χ2n) is 9.37. The van der Waals surface area contributed by atoms with Crippen LogP contribution in [-0.2, 0) is 14.3 Å². The molecule has 2 aromatic rings. The lowest BCUT2D eigenvalue weighted by Crippen LogP contribution is -2.52. The van der Waals surface area contributed by atoms with E-state index in [4.69, 9.17) is 16.3 Å². The van der Waals surface area contributed by atoms with Crippen molar-refractivity contribution >= 4 is 52.0 Å². The van der Waals surface area contributed by atoms with Crippen LogP contribution in [0, 0.1) is 5.92 Å². The van der Waals surface area contributed by atoms with Crippen LogP contribution in [0.3, 0.4) is 0 Å². The number of nitrogens with one attached hydrogen (secondary N) is 2. The highest BCUT2D eigenvalue weighted by Gasteiger charge is 2.31. The van der Waals surface area contributed by atoms with E-state index in [-0.39, 0.29) is 42.8 Å². The van der Waals surface area contributed by atoms with Gasteiger partial charge in [0.15, 0.2) is 0 Å². The molecule has 1 aromatic carbocycles. The van der Waals surface area contributed by atoms with Crippen molar-refractivity contribution < 1.29 is 27.9 Å². The number of rotatable bonds is 11. The van der Waals surface area contributed by atoms with Gasteiger partial charge in [-0.2, -0.15) is 0 Å². The predicted octanol–water partition coefficient (Wildman–Crippen LogP) is 4.56. The Kier molecular flexibility index (Phi) is 9.69. The third kappa shape index (κ3) is 6.88. The number of benzene rings is 1. The number of anilines is 2. The lowest BCUT2D eigenvalue weighted by molar-refractivity contribution is -0.125. The van der Waals surface area contributed by atoms with Crippen molar-refractivity contribution in [3.05, 3.63) is 45.1 Å². The molecular weight excluding hydrogens is 538 g/mol. The summed E-state index contributed by atoms with van der Waals surface area (Å²) in [6, 6.07) is 6.62. The van der Waals surface area contributed by atoms with Gasteiger partial charge < -0.3 is 20.3 Å². The molecule has 8 nitrogen and oxygen atoms in total. The van der Waals surface area contributed by atoms with E-state index in [1.54, 1.807) is 12.1 Å². The largest absolute Gasteiger partial charge is 0.370 e. The highest BCUT2D eigenvalue weighted by atomic mass is 35.5. The van der Waals surface area contributed by atoms with E-state index in [1.807, 2.05) is 11.8 Å². The Labute approximate surface area is 229 Å². The maximum atomic E-state index is 14.1. The number of hydrogen-bond acceptors (Lipinski definition) is 6. The van der Waals surface area contributed by atoms with Crippen LogP contribution in [-0.4, -0.2) is 68.1 Å². The van der Waals surface area contributed by atoms with Crippen molar-refractivity contribution in [2.24, 2.45) is 5.92 Å². The minimum atomic E-state index is -2.87. The zero-order valence-corrected chi connectivity index (χ0v) is 22.6. The number of amides is 3. The number of morpholine rings is 1. The summed E-state index contributed by atoms with van der Waals surface area (Å²) in [6.45, 7) is 3.62. The summed E-state index contributed by atoms with van der Waals surface area (Å²) < 4.78 is 33.7. The Morgan fingerprint density at radius 1 is 1.26 bits per heavy atom. The molecule has 1 atom stereocenters. The summed E-state index contributed by atoms with van der Waals surface area (Å²) >= 11 is 7.08. The van der Waals surface area contributed by atoms with Crippen LogP contribution in [0.15, 0.2) is 30.3 Å². The van der Waals surface area contributed by atoms with E-state index in [0.717, 1.165) is 30.6 Å². The third-order valence-corrected chi connectivity index (χ3v) is 8.18. The SMILES string of the molecule is CCN(CC1CCC1)[C@@H](CNC(=O)c1ccc(Cl)s1)C(=O)Nc1ccc(N2CCOCC2=O)cc1C(F)F. The van der Waals surface area contributed by atoms with E-state index in [2.05, 4.69) is 10.6 Å². The van der Waals surface area contributed by atoms with Crippen molar-refractivity contribution in [2.75, 3.05) is 49.6 Å². The molecule has 12 heteroatoms. The number of ether oxygens (including phenoxy) is 1. The maximum Gasteiger partial charge on any atom is 0.265 e. The second-order valence-corrected chi connectivity index (χ2v) is 11.1. The van der Waals surface area contributed by atoms with Gasteiger partial charge in [0, 0.05) is 36.6 Å². The van der Waals surface area contributed by atoms with Crippen molar-refractivity contribution in [1.29, 1.82) is 0 Å². The number of thiophene rings is 1. The number of alkyl halides is 2. The topological polar surface area (TPSA) is 91.0 Å². The summed E-state index contributed by atoms with van der Waals surface area (Å²) in [5.74, 6) is -0.704. The minimum absolute atomic E-state index is 0.00508. The molecular formula is C26H31ClF2N4O4S. The summed E-state index contributed by atoms with van der Waals surface area (Å²) in [5, 5.41) is 5.47. The maximum absolute atomic E-state index is 14.1. The van der Waals surface area contributed by atoms with Gasteiger partial charge in [-0.05, 0) is 55.6 Å². The summed E-state index contributed by atoms with van der Waals surface area (Å²) in [5.41, 5.74) is -0.0890. The Balaban J connectivity index is 1.53. The van der Waals surface area contributed by atoms with Crippen molar-refractivity contribution in [3.63, 3.8) is 0 Å². The smallest absolute Gasteiger partial charge is 0.265 e. The van der Waals surface area contributed by atoms with E-state index in [0.29, 0.717) is 40.5 Å². The number of nitrogens with zero attached hydrogens (tertiary/aromatic N) is 2. The van der Waals surface area contributed by atoms with Gasteiger partial charge in [0.2, 0.25) is 5.91 Å². The Morgan fingerprint density at radius 2 is 2.05 bits per heavy atom. The lowest BCUT2D eigenvalue weighted by atomic mass is 9.85. The van der Waals surface area contributed by atoms with Gasteiger partial charge in [-0.1, -0.05) is 24.9 Å². The number of carbonyl (C=O) groups excluding carboxylic acids is 3. The van der Waals surface area contributed by atoms with Crippen LogP contribution in [0.5, 0.6) is 0 Å². The molecule has 1 aromatic heterocycles. The fourth-order valence-electron chi connectivity index (χ4n) is 4.60. The first-order chi connectivity index (χ1) is 18.3. The monoisotopic (exact) mass is 568 g/mol. The van der Waals surface area contributed by atoms with Crippen LogP contribution in [0.25, 0.3) is 0 Å².